The minimum absolute atomic E-state index is 0.00829. The molecule has 3 atom stereocenters. The molecule has 210 valence electrons. The number of nitrogens with one attached hydrogen (secondary N) is 1. The maximum absolute atomic E-state index is 14.0. The molecule has 2 aromatic rings. The third-order valence-corrected chi connectivity index (χ3v) is 8.65. The molecule has 0 saturated carbocycles. The minimum atomic E-state index is -1.07. The second-order valence-corrected chi connectivity index (χ2v) is 11.1. The number of nitrogens with two attached hydrogens (primary N) is 1. The van der Waals surface area contributed by atoms with E-state index < -0.39 is 17.0 Å². The molecule has 3 amide bonds. The van der Waals surface area contributed by atoms with Crippen LogP contribution in [0, 0.1) is 5.41 Å². The highest BCUT2D eigenvalue weighted by Gasteiger charge is 2.55. The van der Waals surface area contributed by atoms with Gasteiger partial charge in [0.15, 0.2) is 0 Å². The van der Waals surface area contributed by atoms with Crippen molar-refractivity contribution in [1.82, 2.24) is 15.1 Å². The summed E-state index contributed by atoms with van der Waals surface area (Å²) in [6, 6.07) is 18.9. The van der Waals surface area contributed by atoms with Crippen molar-refractivity contribution in [3.05, 3.63) is 71.8 Å². The van der Waals surface area contributed by atoms with E-state index in [0.717, 1.165) is 17.5 Å². The first kappa shape index (κ1) is 28.8. The number of nitrogens with zero attached hydrogens (tertiary/aromatic N) is 2. The number of carbonyl (C=O) groups excluding carboxylic acids is 3. The van der Waals surface area contributed by atoms with E-state index in [4.69, 9.17) is 10.5 Å². The van der Waals surface area contributed by atoms with Gasteiger partial charge in [0.1, 0.15) is 6.04 Å². The van der Waals surface area contributed by atoms with Crippen LogP contribution in [-0.4, -0.2) is 72.4 Å². The van der Waals surface area contributed by atoms with Gasteiger partial charge in [-0.25, -0.2) is 0 Å². The largest absolute Gasteiger partial charge is 0.374 e. The van der Waals surface area contributed by atoms with Gasteiger partial charge in [-0.15, -0.1) is 0 Å². The molecule has 39 heavy (non-hydrogen) atoms. The molecule has 0 aromatic heterocycles. The lowest BCUT2D eigenvalue weighted by atomic mass is 9.69. The van der Waals surface area contributed by atoms with Gasteiger partial charge in [0.25, 0.3) is 0 Å². The van der Waals surface area contributed by atoms with Gasteiger partial charge >= 0.3 is 0 Å². The Bertz CT molecular complexity index is 1140. The van der Waals surface area contributed by atoms with Gasteiger partial charge in [-0.2, -0.15) is 0 Å². The number of ether oxygens (including phenoxy) is 1. The lowest BCUT2D eigenvalue weighted by molar-refractivity contribution is -0.147. The Labute approximate surface area is 231 Å². The molecule has 1 spiro atoms. The number of amides is 3. The van der Waals surface area contributed by atoms with Gasteiger partial charge in [-0.1, -0.05) is 74.5 Å². The molecule has 0 bridgehead atoms. The third kappa shape index (κ3) is 6.02. The zero-order valence-electron chi connectivity index (χ0n) is 23.4. The Balaban J connectivity index is 1.56. The fraction of sp³-hybridized carbons (Fsp3) is 0.516. The fourth-order valence-corrected chi connectivity index (χ4v) is 6.04. The van der Waals surface area contributed by atoms with E-state index >= 15 is 0 Å². The van der Waals surface area contributed by atoms with Gasteiger partial charge in [-0.05, 0) is 36.8 Å². The third-order valence-electron chi connectivity index (χ3n) is 8.65. The number of benzene rings is 2. The summed E-state index contributed by atoms with van der Waals surface area (Å²) >= 11 is 0. The van der Waals surface area contributed by atoms with Crippen LogP contribution in [0.25, 0.3) is 0 Å². The Morgan fingerprint density at radius 3 is 2.38 bits per heavy atom. The Hall–Kier alpha value is -3.23. The van der Waals surface area contributed by atoms with Crippen LogP contribution in [0.2, 0.25) is 0 Å². The van der Waals surface area contributed by atoms with E-state index in [1.165, 1.54) is 0 Å². The van der Waals surface area contributed by atoms with E-state index in [9.17, 15) is 14.4 Å². The molecule has 2 aromatic carbocycles. The highest BCUT2D eigenvalue weighted by Crippen LogP contribution is 2.49. The summed E-state index contributed by atoms with van der Waals surface area (Å²) < 4.78 is 5.94. The summed E-state index contributed by atoms with van der Waals surface area (Å²) in [6.45, 7) is 5.53. The maximum atomic E-state index is 14.0. The van der Waals surface area contributed by atoms with Gasteiger partial charge in [0.2, 0.25) is 17.7 Å². The lowest BCUT2D eigenvalue weighted by Gasteiger charge is -2.43. The van der Waals surface area contributed by atoms with Crippen molar-refractivity contribution in [2.45, 2.75) is 63.6 Å². The van der Waals surface area contributed by atoms with Gasteiger partial charge in [0, 0.05) is 32.6 Å². The first-order valence-electron chi connectivity index (χ1n) is 14.0. The van der Waals surface area contributed by atoms with Crippen molar-refractivity contribution >= 4 is 17.7 Å². The number of rotatable bonds is 10. The summed E-state index contributed by atoms with van der Waals surface area (Å²) in [4.78, 5) is 44.4. The number of likely N-dealkylation sites (N-methyl/N-ethyl adjacent to an activating group) is 1. The van der Waals surface area contributed by atoms with E-state index in [2.05, 4.69) is 17.4 Å². The smallest absolute Gasteiger partial charge is 0.247 e. The average Bonchev–Trinajstić information content (AvgIpc) is 3.21. The zero-order chi connectivity index (χ0) is 28.0. The predicted octanol–water partition coefficient (Wildman–Crippen LogP) is 3.07. The van der Waals surface area contributed by atoms with Crippen molar-refractivity contribution in [3.63, 3.8) is 0 Å². The molecule has 2 heterocycles. The molecule has 4 rings (SSSR count). The highest BCUT2D eigenvalue weighted by atomic mass is 16.5. The number of piperidine rings is 1. The van der Waals surface area contributed by atoms with Crippen molar-refractivity contribution in [1.29, 1.82) is 0 Å². The molecular weight excluding hydrogens is 492 g/mol. The molecule has 2 saturated heterocycles. The predicted molar refractivity (Wildman–Crippen MR) is 151 cm³/mol. The average molecular weight is 535 g/mol. The van der Waals surface area contributed by atoms with Gasteiger partial charge < -0.3 is 25.6 Å². The van der Waals surface area contributed by atoms with Crippen LogP contribution >= 0.6 is 0 Å². The van der Waals surface area contributed by atoms with Crippen molar-refractivity contribution in [3.8, 4) is 0 Å². The van der Waals surface area contributed by atoms with Crippen LogP contribution in [0.15, 0.2) is 60.7 Å². The van der Waals surface area contributed by atoms with Crippen molar-refractivity contribution in [2.75, 3.05) is 33.3 Å². The summed E-state index contributed by atoms with van der Waals surface area (Å²) in [6.07, 6.45) is 2.34. The molecule has 2 fully saturated rings. The summed E-state index contributed by atoms with van der Waals surface area (Å²) in [5.74, 6) is -0.530. The maximum Gasteiger partial charge on any atom is 0.247 e. The van der Waals surface area contributed by atoms with E-state index in [-0.39, 0.29) is 30.2 Å². The Kier molecular flexibility index (Phi) is 9.08. The molecule has 3 N–H and O–H groups in total. The molecule has 0 radical (unpaired) electrons. The quantitative estimate of drug-likeness (QED) is 0.488. The van der Waals surface area contributed by atoms with Crippen LogP contribution in [0.3, 0.4) is 0 Å². The molecule has 8 heteroatoms. The van der Waals surface area contributed by atoms with Crippen molar-refractivity contribution < 1.29 is 19.1 Å². The van der Waals surface area contributed by atoms with Crippen LogP contribution in [0.4, 0.5) is 0 Å². The zero-order valence-corrected chi connectivity index (χ0v) is 23.4. The lowest BCUT2D eigenvalue weighted by Crippen LogP contribution is -2.61. The SMILES string of the molecule is CCC(N)(CC)C(=O)NC(COCc1ccccc1)C(=O)N1CCC[C@@]2(C1)C(=O)N(C)C[C@H]2c1ccccc1. The Morgan fingerprint density at radius 1 is 1.10 bits per heavy atom. The number of hydrogen-bond acceptors (Lipinski definition) is 5. The number of likely N-dealkylation sites (tertiary alicyclic amines) is 2. The Morgan fingerprint density at radius 2 is 1.74 bits per heavy atom. The van der Waals surface area contributed by atoms with E-state index in [0.29, 0.717) is 45.5 Å². The molecule has 8 nitrogen and oxygen atoms in total. The molecular formula is C31H42N4O4. The topological polar surface area (TPSA) is 105 Å². The van der Waals surface area contributed by atoms with Crippen LogP contribution in [0.5, 0.6) is 0 Å². The number of carbonyl (C=O) groups is 3. The molecule has 0 aliphatic carbocycles. The minimum Gasteiger partial charge on any atom is -0.374 e. The monoisotopic (exact) mass is 534 g/mol. The van der Waals surface area contributed by atoms with E-state index in [1.54, 1.807) is 9.80 Å². The molecule has 2 aliphatic rings. The van der Waals surface area contributed by atoms with Gasteiger partial charge in [0.05, 0.1) is 24.2 Å². The van der Waals surface area contributed by atoms with Gasteiger partial charge in [-0.3, -0.25) is 14.4 Å². The standard InChI is InChI=1S/C31H42N4O4/c1-4-31(32,5-2)28(37)33-26(21-39-20-23-13-8-6-9-14-23)27(36)35-18-12-17-30(22-35)25(19-34(3)29(30)38)24-15-10-7-11-16-24/h6-11,13-16,25-26H,4-5,12,17-22,32H2,1-3H3,(H,33,37)/t25-,26?,30-/m0/s1. The summed E-state index contributed by atoms with van der Waals surface area (Å²) in [5.41, 5.74) is 6.71. The van der Waals surface area contributed by atoms with Crippen molar-refractivity contribution in [2.24, 2.45) is 11.1 Å². The van der Waals surface area contributed by atoms with Crippen LogP contribution in [-0.2, 0) is 25.7 Å². The number of hydrogen-bond donors (Lipinski definition) is 2. The molecule has 1 unspecified atom stereocenters. The highest BCUT2D eigenvalue weighted by molar-refractivity contribution is 5.93. The second-order valence-electron chi connectivity index (χ2n) is 11.1. The van der Waals surface area contributed by atoms with Crippen LogP contribution < -0.4 is 11.1 Å². The summed E-state index contributed by atoms with van der Waals surface area (Å²) in [7, 11) is 1.84. The summed E-state index contributed by atoms with van der Waals surface area (Å²) in [5, 5.41) is 2.91. The van der Waals surface area contributed by atoms with Crippen LogP contribution in [0.1, 0.15) is 56.6 Å². The second kappa shape index (κ2) is 12.3. The van der Waals surface area contributed by atoms with E-state index in [1.807, 2.05) is 69.4 Å². The first-order chi connectivity index (χ1) is 18.7. The normalized spacial score (nSPS) is 22.3. The first-order valence-corrected chi connectivity index (χ1v) is 14.0. The fourth-order valence-electron chi connectivity index (χ4n) is 6.04. The molecule has 2 aliphatic heterocycles.